The van der Waals surface area contributed by atoms with E-state index in [2.05, 4.69) is 58.5 Å². The molecule has 0 aliphatic carbocycles. The standard InChI is InChI=1S/C13H20BrN3O/c1-8(2)13-15-11(14)5-12(16-13)17-6-9(3)18-10(4)7-17/h5,8-10H,6-7H2,1-4H3. The Hall–Kier alpha value is -0.680. The summed E-state index contributed by atoms with van der Waals surface area (Å²) in [6.45, 7) is 10.2. The van der Waals surface area contributed by atoms with Crippen molar-refractivity contribution < 1.29 is 4.74 Å². The van der Waals surface area contributed by atoms with Gasteiger partial charge in [0.1, 0.15) is 16.2 Å². The third-order valence-electron chi connectivity index (χ3n) is 2.96. The maximum Gasteiger partial charge on any atom is 0.134 e. The molecule has 18 heavy (non-hydrogen) atoms. The normalized spacial score (nSPS) is 24.7. The number of rotatable bonds is 2. The number of ether oxygens (including phenoxy) is 1. The van der Waals surface area contributed by atoms with E-state index in [0.717, 1.165) is 29.3 Å². The van der Waals surface area contributed by atoms with E-state index in [-0.39, 0.29) is 12.2 Å². The molecule has 2 heterocycles. The first-order valence-electron chi connectivity index (χ1n) is 6.40. The lowest BCUT2D eigenvalue weighted by Crippen LogP contribution is -2.46. The van der Waals surface area contributed by atoms with Gasteiger partial charge in [-0.1, -0.05) is 13.8 Å². The van der Waals surface area contributed by atoms with Crippen molar-refractivity contribution in [3.63, 3.8) is 0 Å². The highest BCUT2D eigenvalue weighted by Gasteiger charge is 2.24. The predicted molar refractivity (Wildman–Crippen MR) is 76.0 cm³/mol. The Balaban J connectivity index is 2.26. The SMILES string of the molecule is CC1CN(c2cc(Br)nc(C(C)C)n2)CC(C)O1. The van der Waals surface area contributed by atoms with Crippen LogP contribution in [-0.4, -0.2) is 35.3 Å². The number of aromatic nitrogens is 2. The quantitative estimate of drug-likeness (QED) is 0.787. The Morgan fingerprint density at radius 3 is 2.44 bits per heavy atom. The summed E-state index contributed by atoms with van der Waals surface area (Å²) in [5, 5.41) is 0. The summed E-state index contributed by atoms with van der Waals surface area (Å²) < 4.78 is 6.60. The van der Waals surface area contributed by atoms with Crippen LogP contribution >= 0.6 is 15.9 Å². The van der Waals surface area contributed by atoms with E-state index in [0.29, 0.717) is 5.92 Å². The van der Waals surface area contributed by atoms with Gasteiger partial charge in [0, 0.05) is 25.1 Å². The zero-order valence-corrected chi connectivity index (χ0v) is 12.9. The lowest BCUT2D eigenvalue weighted by molar-refractivity contribution is -0.00548. The lowest BCUT2D eigenvalue weighted by atomic mass is 10.2. The van der Waals surface area contributed by atoms with Crippen LogP contribution in [0.4, 0.5) is 5.82 Å². The largest absolute Gasteiger partial charge is 0.372 e. The number of nitrogens with zero attached hydrogens (tertiary/aromatic N) is 3. The number of morpholine rings is 1. The first-order chi connectivity index (χ1) is 8.45. The van der Waals surface area contributed by atoms with Gasteiger partial charge in [0.05, 0.1) is 12.2 Å². The number of hydrogen-bond donors (Lipinski definition) is 0. The Labute approximate surface area is 117 Å². The van der Waals surface area contributed by atoms with Gasteiger partial charge in [-0.3, -0.25) is 0 Å². The number of anilines is 1. The number of hydrogen-bond acceptors (Lipinski definition) is 4. The van der Waals surface area contributed by atoms with E-state index < -0.39 is 0 Å². The Bertz CT molecular complexity index is 415. The molecule has 1 saturated heterocycles. The summed E-state index contributed by atoms with van der Waals surface area (Å²) in [7, 11) is 0. The molecule has 0 amide bonds. The van der Waals surface area contributed by atoms with E-state index >= 15 is 0 Å². The molecule has 1 aromatic rings. The smallest absolute Gasteiger partial charge is 0.134 e. The highest BCUT2D eigenvalue weighted by atomic mass is 79.9. The van der Waals surface area contributed by atoms with Crippen molar-refractivity contribution in [3.05, 3.63) is 16.5 Å². The van der Waals surface area contributed by atoms with Crippen molar-refractivity contribution in [1.82, 2.24) is 9.97 Å². The molecule has 4 nitrogen and oxygen atoms in total. The van der Waals surface area contributed by atoms with E-state index in [9.17, 15) is 0 Å². The van der Waals surface area contributed by atoms with Gasteiger partial charge in [-0.2, -0.15) is 0 Å². The van der Waals surface area contributed by atoms with Gasteiger partial charge in [0.15, 0.2) is 0 Å². The number of halogens is 1. The van der Waals surface area contributed by atoms with Crippen LogP contribution in [-0.2, 0) is 4.74 Å². The van der Waals surface area contributed by atoms with E-state index in [1.165, 1.54) is 0 Å². The topological polar surface area (TPSA) is 38.2 Å². The average Bonchev–Trinajstić information content (AvgIpc) is 2.26. The van der Waals surface area contributed by atoms with Crippen molar-refractivity contribution in [2.75, 3.05) is 18.0 Å². The molecule has 0 saturated carbocycles. The van der Waals surface area contributed by atoms with Crippen LogP contribution < -0.4 is 4.90 Å². The van der Waals surface area contributed by atoms with Crippen LogP contribution in [0.2, 0.25) is 0 Å². The van der Waals surface area contributed by atoms with Gasteiger partial charge in [0.2, 0.25) is 0 Å². The minimum atomic E-state index is 0.241. The van der Waals surface area contributed by atoms with Crippen molar-refractivity contribution in [3.8, 4) is 0 Å². The van der Waals surface area contributed by atoms with Crippen molar-refractivity contribution >= 4 is 21.7 Å². The van der Waals surface area contributed by atoms with E-state index in [4.69, 9.17) is 4.74 Å². The fourth-order valence-corrected chi connectivity index (χ4v) is 2.59. The van der Waals surface area contributed by atoms with Crippen LogP contribution in [0.5, 0.6) is 0 Å². The summed E-state index contributed by atoms with van der Waals surface area (Å²) in [5.74, 6) is 2.20. The summed E-state index contributed by atoms with van der Waals surface area (Å²) >= 11 is 3.47. The fraction of sp³-hybridized carbons (Fsp3) is 0.692. The molecule has 0 aromatic carbocycles. The highest BCUT2D eigenvalue weighted by Crippen LogP contribution is 2.23. The Morgan fingerprint density at radius 1 is 1.28 bits per heavy atom. The summed E-state index contributed by atoms with van der Waals surface area (Å²) in [4.78, 5) is 11.3. The fourth-order valence-electron chi connectivity index (χ4n) is 2.21. The first kappa shape index (κ1) is 13.7. The third-order valence-corrected chi connectivity index (χ3v) is 3.36. The molecule has 2 unspecified atom stereocenters. The van der Waals surface area contributed by atoms with Gasteiger partial charge in [-0.15, -0.1) is 0 Å². The summed E-state index contributed by atoms with van der Waals surface area (Å²) in [6, 6.07) is 1.98. The summed E-state index contributed by atoms with van der Waals surface area (Å²) in [6.07, 6.45) is 0.481. The molecule has 0 spiro atoms. The maximum atomic E-state index is 5.75. The molecule has 5 heteroatoms. The molecule has 0 radical (unpaired) electrons. The monoisotopic (exact) mass is 313 g/mol. The average molecular weight is 314 g/mol. The first-order valence-corrected chi connectivity index (χ1v) is 7.20. The molecule has 1 aliphatic rings. The second-order valence-corrected chi connectivity index (χ2v) is 6.04. The maximum absolute atomic E-state index is 5.75. The molecular weight excluding hydrogens is 294 g/mol. The van der Waals surface area contributed by atoms with E-state index in [1.807, 2.05) is 6.07 Å². The molecule has 1 aliphatic heterocycles. The molecule has 0 bridgehead atoms. The van der Waals surface area contributed by atoms with Crippen LogP contribution in [0.15, 0.2) is 10.7 Å². The lowest BCUT2D eigenvalue weighted by Gasteiger charge is -2.36. The minimum absolute atomic E-state index is 0.241. The van der Waals surface area contributed by atoms with Crippen LogP contribution in [0, 0.1) is 0 Å². The molecule has 2 rings (SSSR count). The molecule has 100 valence electrons. The van der Waals surface area contributed by atoms with Gasteiger partial charge in [0.25, 0.3) is 0 Å². The van der Waals surface area contributed by atoms with Crippen molar-refractivity contribution in [1.29, 1.82) is 0 Å². The Kier molecular flexibility index (Phi) is 4.22. The minimum Gasteiger partial charge on any atom is -0.372 e. The third kappa shape index (κ3) is 3.20. The van der Waals surface area contributed by atoms with E-state index in [1.54, 1.807) is 0 Å². The van der Waals surface area contributed by atoms with Crippen LogP contribution in [0.25, 0.3) is 0 Å². The second-order valence-electron chi connectivity index (χ2n) is 5.22. The predicted octanol–water partition coefficient (Wildman–Crippen LogP) is 2.98. The second kappa shape index (κ2) is 5.53. The Morgan fingerprint density at radius 2 is 1.89 bits per heavy atom. The van der Waals surface area contributed by atoms with Gasteiger partial charge in [-0.25, -0.2) is 9.97 Å². The molecular formula is C13H20BrN3O. The van der Waals surface area contributed by atoms with Crippen LogP contribution in [0.3, 0.4) is 0 Å². The zero-order chi connectivity index (χ0) is 13.3. The van der Waals surface area contributed by atoms with Crippen molar-refractivity contribution in [2.45, 2.75) is 45.8 Å². The summed E-state index contributed by atoms with van der Waals surface area (Å²) in [5.41, 5.74) is 0. The molecule has 2 atom stereocenters. The van der Waals surface area contributed by atoms with Crippen LogP contribution in [0.1, 0.15) is 39.4 Å². The zero-order valence-electron chi connectivity index (χ0n) is 11.4. The van der Waals surface area contributed by atoms with Gasteiger partial charge in [-0.05, 0) is 29.8 Å². The molecule has 0 N–H and O–H groups in total. The highest BCUT2D eigenvalue weighted by molar-refractivity contribution is 9.10. The molecule has 1 fully saturated rings. The van der Waals surface area contributed by atoms with Crippen molar-refractivity contribution in [2.24, 2.45) is 0 Å². The van der Waals surface area contributed by atoms with Gasteiger partial charge >= 0.3 is 0 Å². The van der Waals surface area contributed by atoms with Gasteiger partial charge < -0.3 is 9.64 Å². The molecule has 1 aromatic heterocycles.